The first-order valence-electron chi connectivity index (χ1n) is 9.55. The molecule has 0 radical (unpaired) electrons. The monoisotopic (exact) mass is 488 g/mol. The number of methoxy groups -OCH3 is 1. The van der Waals surface area contributed by atoms with Crippen molar-refractivity contribution < 1.29 is 9.53 Å². The van der Waals surface area contributed by atoms with E-state index in [0.29, 0.717) is 30.0 Å². The molecule has 0 saturated heterocycles. The summed E-state index contributed by atoms with van der Waals surface area (Å²) < 4.78 is 4.85. The molecule has 1 aromatic rings. The van der Waals surface area contributed by atoms with Gasteiger partial charge in [0.1, 0.15) is 0 Å². The molecule has 1 saturated carbocycles. The molecule has 0 amide bonds. The summed E-state index contributed by atoms with van der Waals surface area (Å²) in [4.78, 5) is 20.9. The second-order valence-corrected chi connectivity index (χ2v) is 7.57. The van der Waals surface area contributed by atoms with E-state index < -0.39 is 0 Å². The third-order valence-corrected chi connectivity index (χ3v) is 4.58. The van der Waals surface area contributed by atoms with E-state index >= 15 is 0 Å². The molecule has 6 nitrogen and oxygen atoms in total. The van der Waals surface area contributed by atoms with Crippen LogP contribution in [0, 0.1) is 5.92 Å². The van der Waals surface area contributed by atoms with Gasteiger partial charge in [-0.25, -0.2) is 9.79 Å². The molecule has 0 bridgehead atoms. The van der Waals surface area contributed by atoms with E-state index in [9.17, 15) is 4.79 Å². The Hall–Kier alpha value is -1.38. The van der Waals surface area contributed by atoms with Crippen LogP contribution >= 0.6 is 24.0 Å². The number of ether oxygens (including phenoxy) is 1. The van der Waals surface area contributed by atoms with E-state index in [1.54, 1.807) is 6.07 Å². The first-order valence-corrected chi connectivity index (χ1v) is 9.55. The number of hydrogen-bond acceptors (Lipinski definition) is 4. The van der Waals surface area contributed by atoms with Gasteiger partial charge in [0, 0.05) is 12.0 Å². The summed E-state index contributed by atoms with van der Waals surface area (Å²) in [6.07, 6.45) is 5.62. The normalized spacial score (nSPS) is 15.2. The molecule has 3 N–H and O–H groups in total. The van der Waals surface area contributed by atoms with Gasteiger partial charge < -0.3 is 15.8 Å². The maximum absolute atomic E-state index is 11.9. The summed E-state index contributed by atoms with van der Waals surface area (Å²) in [7, 11) is 1.39. The molecular weight excluding hydrogens is 455 g/mol. The van der Waals surface area contributed by atoms with Crippen LogP contribution in [0.15, 0.2) is 17.1 Å². The summed E-state index contributed by atoms with van der Waals surface area (Å²) in [6.45, 7) is 7.00. The van der Waals surface area contributed by atoms with Crippen LogP contribution in [-0.2, 0) is 11.3 Å². The van der Waals surface area contributed by atoms with Gasteiger partial charge in [0.05, 0.1) is 30.6 Å². The van der Waals surface area contributed by atoms with Crippen molar-refractivity contribution in [3.05, 3.63) is 29.1 Å². The molecule has 1 atom stereocenters. The summed E-state index contributed by atoms with van der Waals surface area (Å²) in [6, 6.07) is 3.91. The van der Waals surface area contributed by atoms with Gasteiger partial charge in [0.25, 0.3) is 0 Å². The number of nitrogens with zero attached hydrogens (tertiary/aromatic N) is 2. The van der Waals surface area contributed by atoms with Crippen LogP contribution in [0.3, 0.4) is 0 Å². The van der Waals surface area contributed by atoms with Crippen LogP contribution in [0.1, 0.15) is 80.5 Å². The number of esters is 1. The van der Waals surface area contributed by atoms with Crippen molar-refractivity contribution in [2.75, 3.05) is 7.11 Å². The SMILES string of the molecule is COC(=O)c1ccc(CN=C(N)NC(C)CCCC(C)C)nc1C1CC1.I. The second-order valence-electron chi connectivity index (χ2n) is 7.57. The number of carbonyl (C=O) groups is 1. The number of pyridine rings is 1. The number of aromatic nitrogens is 1. The molecule has 1 aliphatic carbocycles. The van der Waals surface area contributed by atoms with Crippen molar-refractivity contribution in [1.82, 2.24) is 10.3 Å². The molecule has 0 aliphatic heterocycles. The lowest BCUT2D eigenvalue weighted by Crippen LogP contribution is -2.38. The first kappa shape index (κ1) is 23.7. The molecule has 27 heavy (non-hydrogen) atoms. The predicted molar refractivity (Wildman–Crippen MR) is 120 cm³/mol. The second kappa shape index (κ2) is 11.5. The molecule has 1 aromatic heterocycles. The summed E-state index contributed by atoms with van der Waals surface area (Å²) in [5.41, 5.74) is 8.21. The fraction of sp³-hybridized carbons (Fsp3) is 0.650. The topological polar surface area (TPSA) is 89.6 Å². The zero-order valence-corrected chi connectivity index (χ0v) is 19.2. The average Bonchev–Trinajstić information content (AvgIpc) is 3.43. The summed E-state index contributed by atoms with van der Waals surface area (Å²) >= 11 is 0. The Balaban J connectivity index is 0.00000364. The fourth-order valence-electron chi connectivity index (χ4n) is 2.92. The number of carbonyl (C=O) groups excluding carboxylic acids is 1. The molecule has 1 heterocycles. The number of nitrogens with two attached hydrogens (primary N) is 1. The highest BCUT2D eigenvalue weighted by atomic mass is 127. The van der Waals surface area contributed by atoms with Crippen molar-refractivity contribution in [1.29, 1.82) is 0 Å². The maximum atomic E-state index is 11.9. The summed E-state index contributed by atoms with van der Waals surface area (Å²) in [5.74, 6) is 1.21. The predicted octanol–water partition coefficient (Wildman–Crippen LogP) is 3.98. The number of guanidine groups is 1. The van der Waals surface area contributed by atoms with Crippen LogP contribution in [0.5, 0.6) is 0 Å². The van der Waals surface area contributed by atoms with Crippen LogP contribution in [-0.4, -0.2) is 30.1 Å². The van der Waals surface area contributed by atoms with Gasteiger partial charge in [-0.05, 0) is 44.2 Å². The smallest absolute Gasteiger partial charge is 0.339 e. The Bertz CT molecular complexity index is 645. The fourth-order valence-corrected chi connectivity index (χ4v) is 2.92. The van der Waals surface area contributed by atoms with Crippen molar-refractivity contribution in [2.24, 2.45) is 16.6 Å². The van der Waals surface area contributed by atoms with Crippen molar-refractivity contribution in [2.45, 2.75) is 71.4 Å². The lowest BCUT2D eigenvalue weighted by atomic mass is 10.0. The number of halogens is 1. The number of nitrogens with one attached hydrogen (secondary N) is 1. The first-order chi connectivity index (χ1) is 12.4. The molecule has 0 spiro atoms. The highest BCUT2D eigenvalue weighted by molar-refractivity contribution is 14.0. The quantitative estimate of drug-likeness (QED) is 0.238. The Morgan fingerprint density at radius 2 is 2.04 bits per heavy atom. The van der Waals surface area contributed by atoms with Gasteiger partial charge in [0.15, 0.2) is 5.96 Å². The van der Waals surface area contributed by atoms with E-state index in [2.05, 4.69) is 36.1 Å². The van der Waals surface area contributed by atoms with E-state index in [4.69, 9.17) is 10.5 Å². The Morgan fingerprint density at radius 1 is 1.33 bits per heavy atom. The third-order valence-electron chi connectivity index (χ3n) is 4.58. The zero-order chi connectivity index (χ0) is 19.1. The number of hydrogen-bond donors (Lipinski definition) is 2. The standard InChI is InChI=1S/C20H32N4O2.HI/c1-13(2)6-5-7-14(3)23-20(21)22-12-16-10-11-17(19(25)26-4)18(24-16)15-8-9-15;/h10-11,13-15H,5-9,12H2,1-4H3,(H3,21,22,23);1H. The number of aliphatic imine (C=N–C) groups is 1. The van der Waals surface area contributed by atoms with Crippen molar-refractivity contribution in [3.63, 3.8) is 0 Å². The highest BCUT2D eigenvalue weighted by Crippen LogP contribution is 2.40. The average molecular weight is 488 g/mol. The van der Waals surface area contributed by atoms with Gasteiger partial charge in [-0.1, -0.05) is 26.7 Å². The van der Waals surface area contributed by atoms with Crippen molar-refractivity contribution in [3.8, 4) is 0 Å². The minimum Gasteiger partial charge on any atom is -0.465 e. The van der Waals surface area contributed by atoms with Crippen molar-refractivity contribution >= 4 is 35.9 Å². The minimum atomic E-state index is -0.328. The lowest BCUT2D eigenvalue weighted by molar-refractivity contribution is 0.0598. The van der Waals surface area contributed by atoms with E-state index in [-0.39, 0.29) is 29.9 Å². The number of rotatable bonds is 9. The molecule has 7 heteroatoms. The van der Waals surface area contributed by atoms with E-state index in [1.165, 1.54) is 20.0 Å². The Labute approximate surface area is 179 Å². The minimum absolute atomic E-state index is 0. The van der Waals surface area contributed by atoms with Gasteiger partial charge in [-0.15, -0.1) is 24.0 Å². The molecule has 0 aromatic carbocycles. The molecular formula is C20H33IN4O2. The van der Waals surface area contributed by atoms with Crippen LogP contribution in [0.4, 0.5) is 0 Å². The Morgan fingerprint density at radius 3 is 2.63 bits per heavy atom. The summed E-state index contributed by atoms with van der Waals surface area (Å²) in [5, 5.41) is 3.24. The van der Waals surface area contributed by atoms with Crippen LogP contribution in [0.25, 0.3) is 0 Å². The van der Waals surface area contributed by atoms with Crippen LogP contribution < -0.4 is 11.1 Å². The lowest BCUT2D eigenvalue weighted by Gasteiger charge is -2.15. The largest absolute Gasteiger partial charge is 0.465 e. The van der Waals surface area contributed by atoms with E-state index in [1.807, 2.05) is 6.07 Å². The van der Waals surface area contributed by atoms with Gasteiger partial charge in [0.2, 0.25) is 0 Å². The Kier molecular flexibility index (Phi) is 10.0. The molecule has 1 aliphatic rings. The van der Waals surface area contributed by atoms with Crippen LogP contribution in [0.2, 0.25) is 0 Å². The zero-order valence-electron chi connectivity index (χ0n) is 16.8. The third kappa shape index (κ3) is 8.02. The molecule has 1 fully saturated rings. The molecule has 152 valence electrons. The molecule has 2 rings (SSSR count). The van der Waals surface area contributed by atoms with Gasteiger partial charge in [-0.2, -0.15) is 0 Å². The highest BCUT2D eigenvalue weighted by Gasteiger charge is 2.30. The van der Waals surface area contributed by atoms with E-state index in [0.717, 1.165) is 36.6 Å². The van der Waals surface area contributed by atoms with Gasteiger partial charge >= 0.3 is 5.97 Å². The maximum Gasteiger partial charge on any atom is 0.339 e. The van der Waals surface area contributed by atoms with Gasteiger partial charge in [-0.3, -0.25) is 4.98 Å². The molecule has 1 unspecified atom stereocenters.